The maximum absolute atomic E-state index is 12.1. The van der Waals surface area contributed by atoms with Gasteiger partial charge in [0.05, 0.1) is 7.11 Å². The largest absolute Gasteiger partial charge is 0.497 e. The molecular formula is C21H26N2O2. The second-order valence-electron chi connectivity index (χ2n) is 5.76. The number of carbonyl (C=O) groups is 1. The van der Waals surface area contributed by atoms with Crippen LogP contribution in [0.1, 0.15) is 25.0 Å². The summed E-state index contributed by atoms with van der Waals surface area (Å²) in [6, 6.07) is 15.5. The first-order valence-corrected chi connectivity index (χ1v) is 8.59. The van der Waals surface area contributed by atoms with Crippen LogP contribution in [0.5, 0.6) is 5.75 Å². The Balaban J connectivity index is 1.96. The van der Waals surface area contributed by atoms with Crippen LogP contribution in [-0.4, -0.2) is 31.0 Å². The van der Waals surface area contributed by atoms with Crippen molar-refractivity contribution in [2.75, 3.05) is 25.5 Å². The van der Waals surface area contributed by atoms with Crippen LogP contribution >= 0.6 is 0 Å². The molecule has 0 aliphatic rings. The van der Waals surface area contributed by atoms with Crippen molar-refractivity contribution in [3.63, 3.8) is 0 Å². The molecule has 0 radical (unpaired) electrons. The topological polar surface area (TPSA) is 41.6 Å². The molecule has 132 valence electrons. The molecular weight excluding hydrogens is 312 g/mol. The molecule has 0 aliphatic heterocycles. The Labute approximate surface area is 150 Å². The average molecular weight is 338 g/mol. The molecule has 0 aliphatic carbocycles. The molecule has 0 bridgehead atoms. The Morgan fingerprint density at radius 2 is 1.84 bits per heavy atom. The third-order valence-electron chi connectivity index (χ3n) is 4.04. The molecule has 4 heteroatoms. The van der Waals surface area contributed by atoms with Gasteiger partial charge in [0.2, 0.25) is 5.91 Å². The lowest BCUT2D eigenvalue weighted by molar-refractivity contribution is -0.111. The highest BCUT2D eigenvalue weighted by molar-refractivity contribution is 6.01. The number of ether oxygens (including phenoxy) is 1. The SMILES string of the molecule is CCN(CC)Cc1cccc(NC(=O)/C=C/c2ccc(OC)cc2)c1. The molecule has 25 heavy (non-hydrogen) atoms. The van der Waals surface area contributed by atoms with Crippen LogP contribution in [-0.2, 0) is 11.3 Å². The first-order valence-electron chi connectivity index (χ1n) is 8.59. The Bertz CT molecular complexity index is 704. The highest BCUT2D eigenvalue weighted by Gasteiger charge is 2.03. The van der Waals surface area contributed by atoms with Gasteiger partial charge in [0, 0.05) is 18.3 Å². The Morgan fingerprint density at radius 1 is 1.12 bits per heavy atom. The molecule has 1 N–H and O–H groups in total. The molecule has 2 aromatic carbocycles. The summed E-state index contributed by atoms with van der Waals surface area (Å²) >= 11 is 0. The van der Waals surface area contributed by atoms with E-state index >= 15 is 0 Å². The van der Waals surface area contributed by atoms with Gasteiger partial charge >= 0.3 is 0 Å². The number of nitrogens with zero attached hydrogens (tertiary/aromatic N) is 1. The third kappa shape index (κ3) is 6.08. The summed E-state index contributed by atoms with van der Waals surface area (Å²) < 4.78 is 5.12. The molecule has 0 heterocycles. The van der Waals surface area contributed by atoms with Crippen molar-refractivity contribution in [1.82, 2.24) is 4.90 Å². The van der Waals surface area contributed by atoms with Gasteiger partial charge in [0.15, 0.2) is 0 Å². The van der Waals surface area contributed by atoms with Crippen LogP contribution in [0.4, 0.5) is 5.69 Å². The molecule has 2 rings (SSSR count). The van der Waals surface area contributed by atoms with Crippen molar-refractivity contribution < 1.29 is 9.53 Å². The zero-order chi connectivity index (χ0) is 18.1. The summed E-state index contributed by atoms with van der Waals surface area (Å²) in [5, 5.41) is 2.92. The summed E-state index contributed by atoms with van der Waals surface area (Å²) in [4.78, 5) is 14.5. The van der Waals surface area contributed by atoms with E-state index in [1.807, 2.05) is 42.5 Å². The summed E-state index contributed by atoms with van der Waals surface area (Å²) in [5.74, 6) is 0.655. The number of nitrogens with one attached hydrogen (secondary N) is 1. The maximum Gasteiger partial charge on any atom is 0.248 e. The third-order valence-corrected chi connectivity index (χ3v) is 4.04. The van der Waals surface area contributed by atoms with Gasteiger partial charge in [-0.15, -0.1) is 0 Å². The molecule has 0 atom stereocenters. The average Bonchev–Trinajstić information content (AvgIpc) is 2.65. The molecule has 1 amide bonds. The van der Waals surface area contributed by atoms with Crippen molar-refractivity contribution >= 4 is 17.7 Å². The first kappa shape index (κ1) is 18.7. The van der Waals surface area contributed by atoms with Crippen LogP contribution < -0.4 is 10.1 Å². The van der Waals surface area contributed by atoms with Crippen molar-refractivity contribution in [3.8, 4) is 5.75 Å². The van der Waals surface area contributed by atoms with E-state index in [-0.39, 0.29) is 5.91 Å². The second kappa shape index (κ2) is 9.64. The van der Waals surface area contributed by atoms with Crippen molar-refractivity contribution in [2.24, 2.45) is 0 Å². The fourth-order valence-electron chi connectivity index (χ4n) is 2.52. The normalized spacial score (nSPS) is 11.0. The minimum absolute atomic E-state index is 0.143. The van der Waals surface area contributed by atoms with Crippen molar-refractivity contribution in [2.45, 2.75) is 20.4 Å². The lowest BCUT2D eigenvalue weighted by Crippen LogP contribution is -2.22. The fraction of sp³-hybridized carbons (Fsp3) is 0.286. The Kier molecular flexibility index (Phi) is 7.23. The molecule has 4 nitrogen and oxygen atoms in total. The summed E-state index contributed by atoms with van der Waals surface area (Å²) in [6.45, 7) is 7.21. The lowest BCUT2D eigenvalue weighted by atomic mass is 10.1. The second-order valence-corrected chi connectivity index (χ2v) is 5.76. The number of carbonyl (C=O) groups excluding carboxylic acids is 1. The number of hydrogen-bond acceptors (Lipinski definition) is 3. The van der Waals surface area contributed by atoms with Gasteiger partial charge < -0.3 is 10.1 Å². The quantitative estimate of drug-likeness (QED) is 0.734. The molecule has 0 aromatic heterocycles. The highest BCUT2D eigenvalue weighted by Crippen LogP contribution is 2.14. The number of benzene rings is 2. The van der Waals surface area contributed by atoms with Crippen LogP contribution in [0, 0.1) is 0 Å². The Hall–Kier alpha value is -2.59. The minimum Gasteiger partial charge on any atom is -0.497 e. The fourth-order valence-corrected chi connectivity index (χ4v) is 2.52. The monoisotopic (exact) mass is 338 g/mol. The van der Waals surface area contributed by atoms with E-state index in [9.17, 15) is 4.79 Å². The van der Waals surface area contributed by atoms with Gasteiger partial charge in [0.25, 0.3) is 0 Å². The molecule has 0 saturated heterocycles. The molecule has 0 fully saturated rings. The summed E-state index contributed by atoms with van der Waals surface area (Å²) in [7, 11) is 1.63. The summed E-state index contributed by atoms with van der Waals surface area (Å²) in [6.07, 6.45) is 3.33. The molecule has 2 aromatic rings. The first-order chi connectivity index (χ1) is 12.1. The smallest absolute Gasteiger partial charge is 0.248 e. The summed E-state index contributed by atoms with van der Waals surface area (Å²) in [5.41, 5.74) is 2.96. The van der Waals surface area contributed by atoms with Crippen LogP contribution in [0.25, 0.3) is 6.08 Å². The molecule has 0 spiro atoms. The zero-order valence-electron chi connectivity index (χ0n) is 15.2. The van der Waals surface area contributed by atoms with Crippen LogP contribution in [0.15, 0.2) is 54.6 Å². The Morgan fingerprint density at radius 3 is 2.48 bits per heavy atom. The standard InChI is InChI=1S/C21H26N2O2/c1-4-23(5-2)16-18-7-6-8-19(15-18)22-21(24)14-11-17-9-12-20(25-3)13-10-17/h6-15H,4-5,16H2,1-3H3,(H,22,24)/b14-11+. The van der Waals surface area contributed by atoms with Gasteiger partial charge in [-0.05, 0) is 54.6 Å². The van der Waals surface area contributed by atoms with Crippen LogP contribution in [0.3, 0.4) is 0 Å². The number of amides is 1. The van der Waals surface area contributed by atoms with E-state index in [2.05, 4.69) is 30.1 Å². The molecule has 0 unspecified atom stereocenters. The van der Waals surface area contributed by atoms with Crippen molar-refractivity contribution in [3.05, 3.63) is 65.7 Å². The number of methoxy groups -OCH3 is 1. The highest BCUT2D eigenvalue weighted by atomic mass is 16.5. The van der Waals surface area contributed by atoms with E-state index in [0.717, 1.165) is 36.6 Å². The lowest BCUT2D eigenvalue weighted by Gasteiger charge is -2.18. The number of anilines is 1. The van der Waals surface area contributed by atoms with E-state index < -0.39 is 0 Å². The maximum atomic E-state index is 12.1. The minimum atomic E-state index is -0.143. The molecule has 0 saturated carbocycles. The van der Waals surface area contributed by atoms with E-state index in [1.54, 1.807) is 19.3 Å². The predicted octanol–water partition coefficient (Wildman–Crippen LogP) is 4.19. The van der Waals surface area contributed by atoms with E-state index in [0.29, 0.717) is 0 Å². The zero-order valence-corrected chi connectivity index (χ0v) is 15.2. The van der Waals surface area contributed by atoms with Gasteiger partial charge in [-0.3, -0.25) is 9.69 Å². The van der Waals surface area contributed by atoms with Gasteiger partial charge in [-0.25, -0.2) is 0 Å². The van der Waals surface area contributed by atoms with E-state index in [1.165, 1.54) is 5.56 Å². The van der Waals surface area contributed by atoms with E-state index in [4.69, 9.17) is 4.74 Å². The van der Waals surface area contributed by atoms with Crippen LogP contribution in [0.2, 0.25) is 0 Å². The number of hydrogen-bond donors (Lipinski definition) is 1. The van der Waals surface area contributed by atoms with Gasteiger partial charge in [-0.1, -0.05) is 38.1 Å². The number of rotatable bonds is 8. The predicted molar refractivity (Wildman–Crippen MR) is 104 cm³/mol. The van der Waals surface area contributed by atoms with Gasteiger partial charge in [0.1, 0.15) is 5.75 Å². The van der Waals surface area contributed by atoms with Crippen molar-refractivity contribution in [1.29, 1.82) is 0 Å². The van der Waals surface area contributed by atoms with Gasteiger partial charge in [-0.2, -0.15) is 0 Å².